The van der Waals surface area contributed by atoms with Crippen molar-refractivity contribution in [2.75, 3.05) is 5.32 Å². The summed E-state index contributed by atoms with van der Waals surface area (Å²) >= 11 is 0. The largest absolute Gasteiger partial charge is 0.326 e. The van der Waals surface area contributed by atoms with Crippen molar-refractivity contribution in [3.8, 4) is 0 Å². The van der Waals surface area contributed by atoms with E-state index in [4.69, 9.17) is 5.21 Å². The van der Waals surface area contributed by atoms with Gasteiger partial charge in [0.2, 0.25) is 5.91 Å². The van der Waals surface area contributed by atoms with Gasteiger partial charge in [-0.15, -0.1) is 0 Å². The quantitative estimate of drug-likeness (QED) is 0.413. The maximum absolute atomic E-state index is 12.7. The summed E-state index contributed by atoms with van der Waals surface area (Å²) in [7, 11) is 0. The number of hydrogen-bond acceptors (Lipinski definition) is 3. The van der Waals surface area contributed by atoms with Gasteiger partial charge < -0.3 is 5.32 Å². The molecule has 2 atom stereocenters. The minimum Gasteiger partial charge on any atom is -0.326 e. The molecule has 0 saturated carbocycles. The van der Waals surface area contributed by atoms with Crippen LogP contribution in [0.3, 0.4) is 0 Å². The third kappa shape index (κ3) is 4.89. The second-order valence-corrected chi connectivity index (χ2v) is 6.80. The Morgan fingerprint density at radius 3 is 1.79 bits per heavy atom. The van der Waals surface area contributed by atoms with Gasteiger partial charge in [0.15, 0.2) is 0 Å². The van der Waals surface area contributed by atoms with E-state index in [1.54, 1.807) is 29.7 Å². The van der Waals surface area contributed by atoms with Crippen LogP contribution in [0.1, 0.15) is 41.9 Å². The van der Waals surface area contributed by atoms with E-state index in [1.807, 2.05) is 67.6 Å². The summed E-state index contributed by atoms with van der Waals surface area (Å²) in [6.07, 6.45) is 0.695. The van der Waals surface area contributed by atoms with Crippen LogP contribution in [0.25, 0.3) is 0 Å². The lowest BCUT2D eigenvalue weighted by Gasteiger charge is -2.18. The van der Waals surface area contributed by atoms with E-state index in [9.17, 15) is 9.59 Å². The van der Waals surface area contributed by atoms with Crippen LogP contribution in [0.5, 0.6) is 0 Å². The Kier molecular flexibility index (Phi) is 6.76. The number of anilines is 1. The summed E-state index contributed by atoms with van der Waals surface area (Å²) in [5.74, 6) is -1.45. The molecule has 0 aliphatic rings. The SMILES string of the molecule is CCC(C(=O)Nc1ccc(C(C(=O)NO)c2ccccc2)cc1)c1ccccc1. The molecule has 29 heavy (non-hydrogen) atoms. The molecule has 3 N–H and O–H groups in total. The molecule has 3 aromatic carbocycles. The first-order valence-electron chi connectivity index (χ1n) is 9.58. The van der Waals surface area contributed by atoms with Crippen molar-refractivity contribution >= 4 is 17.5 Å². The van der Waals surface area contributed by atoms with Crippen LogP contribution in [0.2, 0.25) is 0 Å². The number of benzene rings is 3. The molecular formula is C24H24N2O3. The molecule has 0 aliphatic carbocycles. The summed E-state index contributed by atoms with van der Waals surface area (Å²) < 4.78 is 0. The standard InChI is InChI=1S/C24H24N2O3/c1-2-21(17-9-5-3-6-10-17)23(27)25-20-15-13-19(14-16-20)22(24(28)26-29)18-11-7-4-8-12-18/h3-16,21-22,29H,2H2,1H3,(H,25,27)(H,26,28). The van der Waals surface area contributed by atoms with Crippen molar-refractivity contribution in [1.29, 1.82) is 0 Å². The van der Waals surface area contributed by atoms with E-state index < -0.39 is 11.8 Å². The highest BCUT2D eigenvalue weighted by Crippen LogP contribution is 2.27. The molecule has 3 aromatic rings. The minimum absolute atomic E-state index is 0.0702. The lowest BCUT2D eigenvalue weighted by atomic mass is 9.90. The monoisotopic (exact) mass is 388 g/mol. The average molecular weight is 388 g/mol. The molecule has 0 aromatic heterocycles. The first-order chi connectivity index (χ1) is 14.1. The zero-order valence-corrected chi connectivity index (χ0v) is 16.2. The Morgan fingerprint density at radius 2 is 1.28 bits per heavy atom. The van der Waals surface area contributed by atoms with E-state index in [1.165, 1.54) is 0 Å². The molecule has 3 rings (SSSR count). The lowest BCUT2D eigenvalue weighted by Crippen LogP contribution is -2.27. The van der Waals surface area contributed by atoms with Gasteiger partial charge in [0.1, 0.15) is 0 Å². The fourth-order valence-electron chi connectivity index (χ4n) is 3.45. The first-order valence-corrected chi connectivity index (χ1v) is 9.58. The fraction of sp³-hybridized carbons (Fsp3) is 0.167. The zero-order chi connectivity index (χ0) is 20.6. The number of hydrogen-bond donors (Lipinski definition) is 3. The summed E-state index contributed by atoms with van der Waals surface area (Å²) in [5, 5.41) is 12.1. The van der Waals surface area contributed by atoms with Crippen molar-refractivity contribution in [1.82, 2.24) is 5.48 Å². The summed E-state index contributed by atoms with van der Waals surface area (Å²) in [5.41, 5.74) is 4.86. The second kappa shape index (κ2) is 9.66. The van der Waals surface area contributed by atoms with Crippen LogP contribution in [-0.4, -0.2) is 17.0 Å². The van der Waals surface area contributed by atoms with Crippen molar-refractivity contribution < 1.29 is 14.8 Å². The van der Waals surface area contributed by atoms with Gasteiger partial charge in [-0.25, -0.2) is 5.48 Å². The predicted octanol–water partition coefficient (Wildman–Crippen LogP) is 4.46. The molecule has 5 nitrogen and oxygen atoms in total. The third-order valence-corrected chi connectivity index (χ3v) is 4.94. The number of amides is 2. The van der Waals surface area contributed by atoms with E-state index in [0.717, 1.165) is 16.7 Å². The van der Waals surface area contributed by atoms with Gasteiger partial charge in [0.05, 0.1) is 11.8 Å². The Bertz CT molecular complexity index is 941. The average Bonchev–Trinajstić information content (AvgIpc) is 2.77. The Hall–Kier alpha value is -3.44. The predicted molar refractivity (Wildman–Crippen MR) is 113 cm³/mol. The van der Waals surface area contributed by atoms with Gasteiger partial charge in [-0.2, -0.15) is 0 Å². The normalized spacial score (nSPS) is 12.6. The Morgan fingerprint density at radius 1 is 0.759 bits per heavy atom. The van der Waals surface area contributed by atoms with E-state index in [2.05, 4.69) is 5.32 Å². The van der Waals surface area contributed by atoms with Crippen molar-refractivity contribution in [3.05, 3.63) is 102 Å². The highest BCUT2D eigenvalue weighted by Gasteiger charge is 2.23. The van der Waals surface area contributed by atoms with Crippen LogP contribution < -0.4 is 10.8 Å². The van der Waals surface area contributed by atoms with E-state index in [-0.39, 0.29) is 11.8 Å². The topological polar surface area (TPSA) is 78.4 Å². The first kappa shape index (κ1) is 20.3. The van der Waals surface area contributed by atoms with Gasteiger partial charge in [-0.05, 0) is 35.2 Å². The van der Waals surface area contributed by atoms with Crippen molar-refractivity contribution in [2.24, 2.45) is 0 Å². The maximum Gasteiger partial charge on any atom is 0.255 e. The zero-order valence-electron chi connectivity index (χ0n) is 16.2. The smallest absolute Gasteiger partial charge is 0.255 e. The third-order valence-electron chi connectivity index (χ3n) is 4.94. The van der Waals surface area contributed by atoms with Gasteiger partial charge in [0.25, 0.3) is 5.91 Å². The number of hydroxylamine groups is 1. The summed E-state index contributed by atoms with van der Waals surface area (Å²) in [6, 6.07) is 26.0. The van der Waals surface area contributed by atoms with Crippen molar-refractivity contribution in [3.63, 3.8) is 0 Å². The minimum atomic E-state index is -0.640. The number of carbonyl (C=O) groups excluding carboxylic acids is 2. The Labute approximate surface area is 170 Å². The summed E-state index contributed by atoms with van der Waals surface area (Å²) in [4.78, 5) is 25.0. The molecule has 0 aliphatic heterocycles. The van der Waals surface area contributed by atoms with Gasteiger partial charge in [0, 0.05) is 5.69 Å². The van der Waals surface area contributed by atoms with E-state index >= 15 is 0 Å². The number of nitrogens with one attached hydrogen (secondary N) is 2. The molecule has 0 fully saturated rings. The molecule has 2 unspecified atom stereocenters. The highest BCUT2D eigenvalue weighted by atomic mass is 16.5. The number of rotatable bonds is 7. The Balaban J connectivity index is 1.78. The molecule has 5 heteroatoms. The molecule has 2 amide bonds. The second-order valence-electron chi connectivity index (χ2n) is 6.80. The van der Waals surface area contributed by atoms with Gasteiger partial charge >= 0.3 is 0 Å². The summed E-state index contributed by atoms with van der Waals surface area (Å²) in [6.45, 7) is 1.98. The van der Waals surface area contributed by atoms with Crippen LogP contribution in [0.4, 0.5) is 5.69 Å². The molecular weight excluding hydrogens is 364 g/mol. The van der Waals surface area contributed by atoms with Crippen LogP contribution in [-0.2, 0) is 9.59 Å². The van der Waals surface area contributed by atoms with Gasteiger partial charge in [-0.1, -0.05) is 79.7 Å². The molecule has 0 saturated heterocycles. The lowest BCUT2D eigenvalue weighted by molar-refractivity contribution is -0.129. The maximum atomic E-state index is 12.7. The van der Waals surface area contributed by atoms with E-state index in [0.29, 0.717) is 12.1 Å². The number of carbonyl (C=O) groups is 2. The van der Waals surface area contributed by atoms with Crippen LogP contribution in [0.15, 0.2) is 84.9 Å². The van der Waals surface area contributed by atoms with Gasteiger partial charge in [-0.3, -0.25) is 14.8 Å². The molecule has 0 radical (unpaired) electrons. The molecule has 0 heterocycles. The molecule has 0 spiro atoms. The fourth-order valence-corrected chi connectivity index (χ4v) is 3.45. The molecule has 148 valence electrons. The van der Waals surface area contributed by atoms with Crippen LogP contribution in [0, 0.1) is 0 Å². The van der Waals surface area contributed by atoms with Crippen LogP contribution >= 0.6 is 0 Å². The highest BCUT2D eigenvalue weighted by molar-refractivity contribution is 5.96. The molecule has 0 bridgehead atoms. The van der Waals surface area contributed by atoms with Crippen molar-refractivity contribution in [2.45, 2.75) is 25.2 Å².